The highest BCUT2D eigenvalue weighted by Crippen LogP contribution is 2.13. The van der Waals surface area contributed by atoms with Gasteiger partial charge in [-0.2, -0.15) is 0 Å². The second-order valence-electron chi connectivity index (χ2n) is 6.97. The van der Waals surface area contributed by atoms with E-state index in [1.54, 1.807) is 29.2 Å². The van der Waals surface area contributed by atoms with Crippen LogP contribution in [0.15, 0.2) is 54.6 Å². The highest BCUT2D eigenvalue weighted by molar-refractivity contribution is 5.95. The summed E-state index contributed by atoms with van der Waals surface area (Å²) in [7, 11) is 2.04. The molecule has 2 aromatic rings. The smallest absolute Gasteiger partial charge is 0.319 e. The fourth-order valence-corrected chi connectivity index (χ4v) is 3.15. The molecule has 1 saturated heterocycles. The molecule has 0 radical (unpaired) electrons. The van der Waals surface area contributed by atoms with E-state index in [-0.39, 0.29) is 11.9 Å². The number of urea groups is 1. The molecular weight excluding hydrogens is 368 g/mol. The van der Waals surface area contributed by atoms with Gasteiger partial charge in [-0.3, -0.25) is 4.79 Å². The molecule has 1 fully saturated rings. The zero-order valence-corrected chi connectivity index (χ0v) is 16.8. The highest BCUT2D eigenvalue weighted by atomic mass is 16.5. The molecule has 1 aliphatic heterocycles. The minimum Gasteiger partial charge on any atom is -0.378 e. The van der Waals surface area contributed by atoms with E-state index >= 15 is 0 Å². The Morgan fingerprint density at radius 3 is 2.41 bits per heavy atom. The van der Waals surface area contributed by atoms with Crippen LogP contribution < -0.4 is 15.5 Å². The summed E-state index contributed by atoms with van der Waals surface area (Å²) in [5.74, 6) is -0.00756. The summed E-state index contributed by atoms with van der Waals surface area (Å²) in [5, 5.41) is 5.66. The van der Waals surface area contributed by atoms with Crippen LogP contribution in [0.1, 0.15) is 16.8 Å². The first-order valence-electron chi connectivity index (χ1n) is 9.91. The molecule has 0 spiro atoms. The zero-order valence-electron chi connectivity index (χ0n) is 16.8. The Morgan fingerprint density at radius 2 is 1.72 bits per heavy atom. The van der Waals surface area contributed by atoms with Gasteiger partial charge in [-0.25, -0.2) is 4.79 Å². The summed E-state index contributed by atoms with van der Waals surface area (Å²) in [5.41, 5.74) is 2.42. The number of anilines is 2. The van der Waals surface area contributed by atoms with Crippen LogP contribution >= 0.6 is 0 Å². The van der Waals surface area contributed by atoms with E-state index in [1.807, 2.05) is 25.2 Å². The van der Waals surface area contributed by atoms with Crippen LogP contribution in [0.5, 0.6) is 0 Å². The molecule has 0 bridgehead atoms. The first-order chi connectivity index (χ1) is 14.1. The summed E-state index contributed by atoms with van der Waals surface area (Å²) in [4.78, 5) is 28.4. The van der Waals surface area contributed by atoms with Gasteiger partial charge in [0.25, 0.3) is 5.91 Å². The van der Waals surface area contributed by atoms with E-state index in [4.69, 9.17) is 4.74 Å². The van der Waals surface area contributed by atoms with Gasteiger partial charge in [0.05, 0.1) is 13.2 Å². The van der Waals surface area contributed by atoms with Gasteiger partial charge in [0.2, 0.25) is 0 Å². The van der Waals surface area contributed by atoms with Crippen molar-refractivity contribution in [1.82, 2.24) is 10.2 Å². The van der Waals surface area contributed by atoms with Crippen molar-refractivity contribution in [3.8, 4) is 0 Å². The third-order valence-corrected chi connectivity index (χ3v) is 4.84. The van der Waals surface area contributed by atoms with Gasteiger partial charge >= 0.3 is 6.03 Å². The van der Waals surface area contributed by atoms with Crippen molar-refractivity contribution in [3.05, 3.63) is 60.2 Å². The number of morpholine rings is 1. The summed E-state index contributed by atoms with van der Waals surface area (Å²) in [6.07, 6.45) is 0.839. The fourth-order valence-electron chi connectivity index (χ4n) is 3.15. The van der Waals surface area contributed by atoms with Gasteiger partial charge in [0.1, 0.15) is 0 Å². The fraction of sp³-hybridized carbons (Fsp3) is 0.364. The molecule has 1 aliphatic rings. The molecule has 154 valence electrons. The van der Waals surface area contributed by atoms with E-state index in [0.29, 0.717) is 44.1 Å². The number of carbonyl (C=O) groups is 2. The Hall–Kier alpha value is -3.06. The number of nitrogens with one attached hydrogen (secondary N) is 2. The summed E-state index contributed by atoms with van der Waals surface area (Å²) in [6.45, 7) is 3.81. The number of hydrogen-bond acceptors (Lipinski definition) is 4. The monoisotopic (exact) mass is 396 g/mol. The Morgan fingerprint density at radius 1 is 1.03 bits per heavy atom. The van der Waals surface area contributed by atoms with Crippen LogP contribution in [0.4, 0.5) is 16.2 Å². The summed E-state index contributed by atoms with van der Waals surface area (Å²) >= 11 is 0. The Labute approximate surface area is 171 Å². The molecule has 0 atom stereocenters. The number of benzene rings is 2. The average Bonchev–Trinajstić information content (AvgIpc) is 2.78. The van der Waals surface area contributed by atoms with Gasteiger partial charge in [-0.15, -0.1) is 0 Å². The van der Waals surface area contributed by atoms with Crippen molar-refractivity contribution in [2.75, 3.05) is 56.7 Å². The first kappa shape index (κ1) is 20.7. The molecule has 0 unspecified atom stereocenters. The van der Waals surface area contributed by atoms with Crippen molar-refractivity contribution >= 4 is 23.3 Å². The molecule has 2 N–H and O–H groups in total. The normalized spacial score (nSPS) is 13.6. The molecule has 7 heteroatoms. The van der Waals surface area contributed by atoms with E-state index in [1.165, 1.54) is 0 Å². The molecule has 0 aromatic heterocycles. The van der Waals surface area contributed by atoms with Crippen LogP contribution in [0.25, 0.3) is 0 Å². The van der Waals surface area contributed by atoms with Crippen LogP contribution in [-0.2, 0) is 4.74 Å². The summed E-state index contributed by atoms with van der Waals surface area (Å²) in [6, 6.07) is 16.9. The largest absolute Gasteiger partial charge is 0.378 e. The maximum Gasteiger partial charge on any atom is 0.319 e. The molecule has 0 saturated carbocycles. The average molecular weight is 396 g/mol. The Bertz CT molecular complexity index is 789. The second-order valence-corrected chi connectivity index (χ2v) is 6.97. The highest BCUT2D eigenvalue weighted by Gasteiger charge is 2.18. The predicted molar refractivity (Wildman–Crippen MR) is 115 cm³/mol. The first-order valence-corrected chi connectivity index (χ1v) is 9.91. The number of para-hydroxylation sites is 1. The zero-order chi connectivity index (χ0) is 20.5. The quantitative estimate of drug-likeness (QED) is 0.706. The molecule has 3 amide bonds. The lowest BCUT2D eigenvalue weighted by Crippen LogP contribution is -2.40. The third-order valence-electron chi connectivity index (χ3n) is 4.84. The number of hydrogen-bond donors (Lipinski definition) is 2. The van der Waals surface area contributed by atoms with Gasteiger partial charge in [0, 0.05) is 50.2 Å². The number of rotatable bonds is 7. The minimum absolute atomic E-state index is 0.00756. The van der Waals surface area contributed by atoms with Crippen LogP contribution in [0, 0.1) is 0 Å². The van der Waals surface area contributed by atoms with E-state index in [2.05, 4.69) is 27.7 Å². The lowest BCUT2D eigenvalue weighted by Gasteiger charge is -2.26. The maximum absolute atomic E-state index is 12.4. The van der Waals surface area contributed by atoms with E-state index in [0.717, 1.165) is 18.7 Å². The number of nitrogens with zero attached hydrogens (tertiary/aromatic N) is 2. The molecule has 7 nitrogen and oxygen atoms in total. The van der Waals surface area contributed by atoms with Gasteiger partial charge in [-0.05, 0) is 42.8 Å². The Kier molecular flexibility index (Phi) is 7.47. The van der Waals surface area contributed by atoms with Crippen molar-refractivity contribution in [2.24, 2.45) is 0 Å². The van der Waals surface area contributed by atoms with Crippen molar-refractivity contribution in [1.29, 1.82) is 0 Å². The molecule has 3 rings (SSSR count). The molecular formula is C22H28N4O3. The van der Waals surface area contributed by atoms with Gasteiger partial charge < -0.3 is 25.2 Å². The number of carbonyl (C=O) groups excluding carboxylic acids is 2. The molecule has 29 heavy (non-hydrogen) atoms. The molecule has 1 heterocycles. The lowest BCUT2D eigenvalue weighted by molar-refractivity contribution is 0.0303. The number of ether oxygens (including phenoxy) is 1. The second kappa shape index (κ2) is 10.5. The van der Waals surface area contributed by atoms with Crippen LogP contribution in [0.3, 0.4) is 0 Å². The third kappa shape index (κ3) is 6.22. The van der Waals surface area contributed by atoms with Crippen molar-refractivity contribution < 1.29 is 14.3 Å². The SMILES string of the molecule is CN(CCCNC(=O)Nc1ccc(C(=O)N2CCOCC2)cc1)c1ccccc1. The van der Waals surface area contributed by atoms with Crippen LogP contribution in [0.2, 0.25) is 0 Å². The minimum atomic E-state index is -0.250. The predicted octanol–water partition coefficient (Wildman–Crippen LogP) is 2.81. The van der Waals surface area contributed by atoms with E-state index in [9.17, 15) is 9.59 Å². The summed E-state index contributed by atoms with van der Waals surface area (Å²) < 4.78 is 5.27. The van der Waals surface area contributed by atoms with Crippen LogP contribution in [-0.4, -0.2) is 63.3 Å². The molecule has 0 aliphatic carbocycles. The maximum atomic E-state index is 12.4. The Balaban J connectivity index is 1.38. The lowest BCUT2D eigenvalue weighted by atomic mass is 10.1. The van der Waals surface area contributed by atoms with E-state index < -0.39 is 0 Å². The van der Waals surface area contributed by atoms with Crippen molar-refractivity contribution in [3.63, 3.8) is 0 Å². The number of amides is 3. The van der Waals surface area contributed by atoms with Crippen molar-refractivity contribution in [2.45, 2.75) is 6.42 Å². The van der Waals surface area contributed by atoms with Gasteiger partial charge in [-0.1, -0.05) is 18.2 Å². The van der Waals surface area contributed by atoms with Gasteiger partial charge in [0.15, 0.2) is 0 Å². The standard InChI is InChI=1S/C22H28N4O3/c1-25(20-6-3-2-4-7-20)13-5-12-23-22(28)24-19-10-8-18(9-11-19)21(27)26-14-16-29-17-15-26/h2-4,6-11H,5,12-17H2,1H3,(H2,23,24,28). The topological polar surface area (TPSA) is 73.9 Å². The molecule has 2 aromatic carbocycles.